The number of hydrogen-bond donors (Lipinski definition) is 3. The van der Waals surface area contributed by atoms with Crippen molar-refractivity contribution in [1.29, 1.82) is 0 Å². The summed E-state index contributed by atoms with van der Waals surface area (Å²) in [5.41, 5.74) is 6.24. The zero-order valence-electron chi connectivity index (χ0n) is 19.4. The predicted octanol–water partition coefficient (Wildman–Crippen LogP) is 3.70. The van der Waals surface area contributed by atoms with Gasteiger partial charge >= 0.3 is 0 Å². The molecule has 0 aliphatic carbocycles. The fraction of sp³-hybridized carbons (Fsp3) is 0.280. The Bertz CT molecular complexity index is 1270. The van der Waals surface area contributed by atoms with E-state index in [0.717, 1.165) is 38.1 Å². The Balaban J connectivity index is 1.43. The number of oxazole rings is 1. The smallest absolute Gasteiger partial charge is 0.287 e. The van der Waals surface area contributed by atoms with Crippen molar-refractivity contribution in [2.24, 2.45) is 5.73 Å². The summed E-state index contributed by atoms with van der Waals surface area (Å²) in [7, 11) is 0. The number of likely N-dealkylation sites (tertiary alicyclic amines) is 1. The summed E-state index contributed by atoms with van der Waals surface area (Å²) in [6.07, 6.45) is 3.52. The van der Waals surface area contributed by atoms with Crippen LogP contribution in [0.2, 0.25) is 5.02 Å². The second kappa shape index (κ2) is 11.3. The van der Waals surface area contributed by atoms with Crippen LogP contribution in [0.4, 0.5) is 10.1 Å². The first kappa shape index (κ1) is 25.3. The van der Waals surface area contributed by atoms with Crippen LogP contribution >= 0.6 is 11.6 Å². The number of carbonyl (C=O) groups is 3. The van der Waals surface area contributed by atoms with Crippen molar-refractivity contribution in [2.75, 3.05) is 31.5 Å². The first-order chi connectivity index (χ1) is 17.3. The minimum absolute atomic E-state index is 0.00961. The van der Waals surface area contributed by atoms with Gasteiger partial charge < -0.3 is 25.7 Å². The van der Waals surface area contributed by atoms with E-state index in [1.165, 1.54) is 12.5 Å². The number of halogens is 2. The highest BCUT2D eigenvalue weighted by Gasteiger charge is 2.25. The number of primary amides is 1. The number of amides is 3. The fourth-order valence-corrected chi connectivity index (χ4v) is 4.18. The lowest BCUT2D eigenvalue weighted by molar-refractivity contribution is 0.0916. The van der Waals surface area contributed by atoms with Crippen LogP contribution in [0.25, 0.3) is 11.5 Å². The van der Waals surface area contributed by atoms with Crippen LogP contribution in [0, 0.1) is 5.82 Å². The third-order valence-corrected chi connectivity index (χ3v) is 6.11. The number of benzene rings is 2. The molecule has 2 heterocycles. The van der Waals surface area contributed by atoms with Gasteiger partial charge in [-0.15, -0.1) is 0 Å². The van der Waals surface area contributed by atoms with E-state index in [2.05, 4.69) is 20.5 Å². The molecule has 4 N–H and O–H groups in total. The Kier molecular flexibility index (Phi) is 7.97. The minimum Gasteiger partial charge on any atom is -0.430 e. The summed E-state index contributed by atoms with van der Waals surface area (Å²) in [5, 5.41) is 5.42. The van der Waals surface area contributed by atoms with E-state index >= 15 is 0 Å². The van der Waals surface area contributed by atoms with Crippen LogP contribution < -0.4 is 16.4 Å². The van der Waals surface area contributed by atoms with Gasteiger partial charge in [0.1, 0.15) is 5.82 Å². The molecule has 3 amide bonds. The van der Waals surface area contributed by atoms with Crippen LogP contribution in [0.15, 0.2) is 46.9 Å². The second-order valence-corrected chi connectivity index (χ2v) is 8.78. The SMILES string of the molecule is NC(=O)c1oc(-c2ccc(NC(=O)c3ccc(F)cc3Cl)cc2)nc1C(=O)NCCN1CCCCC1. The Hall–Kier alpha value is -3.76. The Labute approximate surface area is 211 Å². The summed E-state index contributed by atoms with van der Waals surface area (Å²) in [5.74, 6) is -2.81. The molecule has 188 valence electrons. The van der Waals surface area contributed by atoms with Crippen LogP contribution in [0.3, 0.4) is 0 Å². The van der Waals surface area contributed by atoms with Crippen molar-refractivity contribution in [2.45, 2.75) is 19.3 Å². The molecule has 1 aliphatic rings. The summed E-state index contributed by atoms with van der Waals surface area (Å²) in [4.78, 5) is 43.4. The van der Waals surface area contributed by atoms with Crippen LogP contribution in [0.1, 0.15) is 50.7 Å². The van der Waals surface area contributed by atoms with Crippen LogP contribution in [-0.4, -0.2) is 53.8 Å². The molecule has 0 radical (unpaired) electrons. The van der Waals surface area contributed by atoms with Crippen molar-refractivity contribution in [3.63, 3.8) is 0 Å². The van der Waals surface area contributed by atoms with Gasteiger partial charge in [-0.25, -0.2) is 9.37 Å². The van der Waals surface area contributed by atoms with Crippen molar-refractivity contribution >= 4 is 35.0 Å². The molecule has 0 saturated carbocycles. The standard InChI is InChI=1S/C25H25ClFN5O4/c26-19-14-16(27)6-9-18(19)23(34)30-17-7-4-15(5-8-17)25-31-20(21(36-25)22(28)33)24(35)29-10-13-32-11-2-1-3-12-32/h4-9,14H,1-3,10-13H2,(H2,28,33)(H,29,35)(H,30,34). The number of nitrogens with one attached hydrogen (secondary N) is 2. The van der Waals surface area contributed by atoms with Crippen molar-refractivity contribution < 1.29 is 23.2 Å². The van der Waals surface area contributed by atoms with E-state index < -0.39 is 23.5 Å². The lowest BCUT2D eigenvalue weighted by atomic mass is 10.1. The third-order valence-electron chi connectivity index (χ3n) is 5.79. The van der Waals surface area contributed by atoms with Gasteiger partial charge in [-0.05, 0) is 68.4 Å². The highest BCUT2D eigenvalue weighted by molar-refractivity contribution is 6.34. The first-order valence-electron chi connectivity index (χ1n) is 11.5. The molecule has 0 atom stereocenters. The van der Waals surface area contributed by atoms with Gasteiger partial charge in [0.05, 0.1) is 10.6 Å². The maximum atomic E-state index is 13.2. The molecule has 1 aliphatic heterocycles. The minimum atomic E-state index is -0.907. The molecule has 3 aromatic rings. The number of anilines is 1. The van der Waals surface area contributed by atoms with Crippen molar-refractivity contribution in [3.05, 3.63) is 70.3 Å². The summed E-state index contributed by atoms with van der Waals surface area (Å²) in [6.45, 7) is 3.12. The summed E-state index contributed by atoms with van der Waals surface area (Å²) >= 11 is 5.94. The molecule has 1 aromatic heterocycles. The third kappa shape index (κ3) is 6.07. The summed E-state index contributed by atoms with van der Waals surface area (Å²) < 4.78 is 18.7. The number of rotatable bonds is 8. The van der Waals surface area contributed by atoms with Gasteiger partial charge in [-0.3, -0.25) is 14.4 Å². The highest BCUT2D eigenvalue weighted by Crippen LogP contribution is 2.25. The average molecular weight is 514 g/mol. The molecule has 1 fully saturated rings. The summed E-state index contributed by atoms with van der Waals surface area (Å²) in [6, 6.07) is 9.84. The van der Waals surface area contributed by atoms with Crippen LogP contribution in [0.5, 0.6) is 0 Å². The lowest BCUT2D eigenvalue weighted by Crippen LogP contribution is -2.38. The normalized spacial score (nSPS) is 13.8. The number of nitrogens with zero attached hydrogens (tertiary/aromatic N) is 2. The maximum absolute atomic E-state index is 13.2. The zero-order chi connectivity index (χ0) is 25.7. The van der Waals surface area contributed by atoms with Crippen molar-refractivity contribution in [1.82, 2.24) is 15.2 Å². The van der Waals surface area contributed by atoms with E-state index in [9.17, 15) is 18.8 Å². The predicted molar refractivity (Wildman–Crippen MR) is 132 cm³/mol. The highest BCUT2D eigenvalue weighted by atomic mass is 35.5. The number of piperidine rings is 1. The maximum Gasteiger partial charge on any atom is 0.287 e. The van der Waals surface area contributed by atoms with E-state index in [0.29, 0.717) is 24.3 Å². The molecule has 36 heavy (non-hydrogen) atoms. The molecule has 9 nitrogen and oxygen atoms in total. The molecule has 0 spiro atoms. The molecule has 4 rings (SSSR count). The molecule has 1 saturated heterocycles. The number of nitrogens with two attached hydrogens (primary N) is 1. The van der Waals surface area contributed by atoms with Gasteiger partial charge in [-0.2, -0.15) is 0 Å². The Morgan fingerprint density at radius 1 is 1.06 bits per heavy atom. The number of aromatic nitrogens is 1. The lowest BCUT2D eigenvalue weighted by Gasteiger charge is -2.26. The quantitative estimate of drug-likeness (QED) is 0.421. The Morgan fingerprint density at radius 2 is 1.78 bits per heavy atom. The molecule has 0 unspecified atom stereocenters. The molecule has 2 aromatic carbocycles. The Morgan fingerprint density at radius 3 is 2.44 bits per heavy atom. The van der Waals surface area contributed by atoms with Gasteiger partial charge in [0.25, 0.3) is 17.7 Å². The molecule has 0 bridgehead atoms. The molecular weight excluding hydrogens is 489 g/mol. The monoisotopic (exact) mass is 513 g/mol. The zero-order valence-corrected chi connectivity index (χ0v) is 20.1. The van der Waals surface area contributed by atoms with E-state index in [-0.39, 0.29) is 27.9 Å². The molecular formula is C25H25ClFN5O4. The van der Waals surface area contributed by atoms with Crippen LogP contribution in [-0.2, 0) is 0 Å². The van der Waals surface area contributed by atoms with Crippen molar-refractivity contribution in [3.8, 4) is 11.5 Å². The van der Waals surface area contributed by atoms with E-state index in [4.69, 9.17) is 21.8 Å². The topological polar surface area (TPSA) is 131 Å². The fourth-order valence-electron chi connectivity index (χ4n) is 3.93. The van der Waals surface area contributed by atoms with Gasteiger partial charge in [-0.1, -0.05) is 18.0 Å². The average Bonchev–Trinajstić information content (AvgIpc) is 3.31. The number of carbonyl (C=O) groups excluding carboxylic acids is 3. The second-order valence-electron chi connectivity index (χ2n) is 8.37. The van der Waals surface area contributed by atoms with Gasteiger partial charge in [0.2, 0.25) is 11.7 Å². The van der Waals surface area contributed by atoms with Gasteiger partial charge in [0, 0.05) is 24.3 Å². The largest absolute Gasteiger partial charge is 0.430 e. The van der Waals surface area contributed by atoms with Gasteiger partial charge in [0.15, 0.2) is 5.69 Å². The van der Waals surface area contributed by atoms with E-state index in [1.807, 2.05) is 0 Å². The first-order valence-corrected chi connectivity index (χ1v) is 11.9. The number of hydrogen-bond acceptors (Lipinski definition) is 6. The molecule has 11 heteroatoms. The van der Waals surface area contributed by atoms with E-state index in [1.54, 1.807) is 24.3 Å².